The Hall–Kier alpha value is -0.280. The molecule has 1 saturated carbocycles. The number of carbonyl (C=O) groups is 1. The van der Waals surface area contributed by atoms with Crippen LogP contribution >= 0.6 is 11.6 Å². The van der Waals surface area contributed by atoms with Crippen molar-refractivity contribution in [2.75, 3.05) is 12.4 Å². The normalized spacial score (nSPS) is 27.8. The van der Waals surface area contributed by atoms with E-state index in [1.165, 1.54) is 0 Å². The number of nitrogens with one attached hydrogen (secondary N) is 1. The maximum atomic E-state index is 10.9. The summed E-state index contributed by atoms with van der Waals surface area (Å²) in [5, 5.41) is 11.7. The highest BCUT2D eigenvalue weighted by Gasteiger charge is 2.26. The number of alkyl halides is 1. The van der Waals surface area contributed by atoms with Gasteiger partial charge in [-0.05, 0) is 18.8 Å². The zero-order chi connectivity index (χ0) is 8.97. The van der Waals surface area contributed by atoms with Gasteiger partial charge in [0.05, 0.1) is 6.10 Å². The molecule has 0 saturated heterocycles. The predicted octanol–water partition coefficient (Wildman–Crippen LogP) is 0.502. The van der Waals surface area contributed by atoms with E-state index in [1.807, 2.05) is 0 Å². The van der Waals surface area contributed by atoms with Crippen LogP contribution in [0, 0.1) is 5.92 Å². The Morgan fingerprint density at radius 3 is 2.75 bits per heavy atom. The van der Waals surface area contributed by atoms with Gasteiger partial charge in [0, 0.05) is 18.8 Å². The minimum absolute atomic E-state index is 0.00592. The highest BCUT2D eigenvalue weighted by Crippen LogP contribution is 2.25. The summed E-state index contributed by atoms with van der Waals surface area (Å²) in [4.78, 5) is 10.9. The molecular formula is C8H14ClNO2. The summed E-state index contributed by atoms with van der Waals surface area (Å²) in [7, 11) is 0. The van der Waals surface area contributed by atoms with E-state index in [-0.39, 0.29) is 12.0 Å². The highest BCUT2D eigenvalue weighted by atomic mass is 35.5. The third-order valence-corrected chi connectivity index (χ3v) is 2.31. The zero-order valence-corrected chi connectivity index (χ0v) is 7.68. The summed E-state index contributed by atoms with van der Waals surface area (Å²) in [6, 6.07) is 0. The predicted molar refractivity (Wildman–Crippen MR) is 47.1 cm³/mol. The van der Waals surface area contributed by atoms with Gasteiger partial charge < -0.3 is 10.4 Å². The van der Waals surface area contributed by atoms with Crippen molar-refractivity contribution >= 4 is 17.5 Å². The van der Waals surface area contributed by atoms with Crippen molar-refractivity contribution < 1.29 is 9.90 Å². The molecule has 4 heteroatoms. The lowest BCUT2D eigenvalue weighted by Gasteiger charge is -2.31. The fourth-order valence-corrected chi connectivity index (χ4v) is 1.47. The zero-order valence-electron chi connectivity index (χ0n) is 6.92. The summed E-state index contributed by atoms with van der Waals surface area (Å²) < 4.78 is 0. The van der Waals surface area contributed by atoms with Crippen molar-refractivity contribution in [1.29, 1.82) is 0 Å². The minimum atomic E-state index is -0.139. The third-order valence-electron chi connectivity index (χ3n) is 2.12. The maximum Gasteiger partial charge on any atom is 0.221 e. The summed E-state index contributed by atoms with van der Waals surface area (Å²) in [6.45, 7) is 0.687. The van der Waals surface area contributed by atoms with Crippen LogP contribution in [-0.4, -0.2) is 29.5 Å². The van der Waals surface area contributed by atoms with Crippen molar-refractivity contribution in [3.63, 3.8) is 0 Å². The number of rotatable bonds is 4. The largest absolute Gasteiger partial charge is 0.393 e. The van der Waals surface area contributed by atoms with Gasteiger partial charge in [-0.1, -0.05) is 0 Å². The van der Waals surface area contributed by atoms with E-state index in [4.69, 9.17) is 16.7 Å². The molecule has 70 valence electrons. The first kappa shape index (κ1) is 9.81. The van der Waals surface area contributed by atoms with E-state index < -0.39 is 0 Å². The Labute approximate surface area is 77.1 Å². The van der Waals surface area contributed by atoms with Crippen LogP contribution in [0.15, 0.2) is 0 Å². The van der Waals surface area contributed by atoms with E-state index in [1.54, 1.807) is 0 Å². The Morgan fingerprint density at radius 2 is 2.25 bits per heavy atom. The van der Waals surface area contributed by atoms with Crippen LogP contribution < -0.4 is 5.32 Å². The van der Waals surface area contributed by atoms with Gasteiger partial charge in [-0.2, -0.15) is 0 Å². The number of amides is 1. The lowest BCUT2D eigenvalue weighted by molar-refractivity contribution is -0.121. The first-order chi connectivity index (χ1) is 5.72. The number of carbonyl (C=O) groups excluding carboxylic acids is 1. The van der Waals surface area contributed by atoms with Gasteiger partial charge in [0.1, 0.15) is 0 Å². The quantitative estimate of drug-likeness (QED) is 0.636. The molecule has 0 unspecified atom stereocenters. The SMILES string of the molecule is O=C(CCCl)NCC1CC(O)C1. The van der Waals surface area contributed by atoms with E-state index >= 15 is 0 Å². The molecule has 1 fully saturated rings. The van der Waals surface area contributed by atoms with Crippen LogP contribution in [0.4, 0.5) is 0 Å². The number of hydrogen-bond donors (Lipinski definition) is 2. The van der Waals surface area contributed by atoms with Crippen molar-refractivity contribution in [2.24, 2.45) is 5.92 Å². The molecule has 0 aliphatic heterocycles. The van der Waals surface area contributed by atoms with Crippen LogP contribution in [0.25, 0.3) is 0 Å². The number of aliphatic hydroxyl groups is 1. The molecule has 1 aliphatic carbocycles. The first-order valence-electron chi connectivity index (χ1n) is 4.23. The first-order valence-corrected chi connectivity index (χ1v) is 4.76. The lowest BCUT2D eigenvalue weighted by Crippen LogP contribution is -2.38. The average Bonchev–Trinajstić information content (AvgIpc) is 1.96. The molecular weight excluding hydrogens is 178 g/mol. The molecule has 12 heavy (non-hydrogen) atoms. The molecule has 0 aromatic rings. The topological polar surface area (TPSA) is 49.3 Å². The number of halogens is 1. The second kappa shape index (κ2) is 4.67. The van der Waals surface area contributed by atoms with Gasteiger partial charge in [0.25, 0.3) is 0 Å². The van der Waals surface area contributed by atoms with Gasteiger partial charge in [-0.3, -0.25) is 4.79 Å². The van der Waals surface area contributed by atoms with Gasteiger partial charge >= 0.3 is 0 Å². The molecule has 2 N–H and O–H groups in total. The van der Waals surface area contributed by atoms with Crippen LogP contribution in [0.3, 0.4) is 0 Å². The Morgan fingerprint density at radius 1 is 1.58 bits per heavy atom. The van der Waals surface area contributed by atoms with Gasteiger partial charge in [0.15, 0.2) is 0 Å². The van der Waals surface area contributed by atoms with Crippen molar-refractivity contribution in [1.82, 2.24) is 5.32 Å². The lowest BCUT2D eigenvalue weighted by atomic mass is 9.82. The Bertz CT molecular complexity index is 157. The van der Waals surface area contributed by atoms with E-state index in [0.29, 0.717) is 24.8 Å². The summed E-state index contributed by atoms with van der Waals surface area (Å²) in [5.41, 5.74) is 0. The van der Waals surface area contributed by atoms with E-state index in [0.717, 1.165) is 12.8 Å². The monoisotopic (exact) mass is 191 g/mol. The van der Waals surface area contributed by atoms with Crippen molar-refractivity contribution in [3.05, 3.63) is 0 Å². The maximum absolute atomic E-state index is 10.9. The van der Waals surface area contributed by atoms with Crippen LogP contribution in [0.1, 0.15) is 19.3 Å². The Balaban J connectivity index is 1.98. The van der Waals surface area contributed by atoms with Crippen molar-refractivity contribution in [2.45, 2.75) is 25.4 Å². The second-order valence-corrected chi connectivity index (χ2v) is 3.61. The molecule has 1 aliphatic rings. The van der Waals surface area contributed by atoms with Gasteiger partial charge in [-0.25, -0.2) is 0 Å². The standard InChI is InChI=1S/C8H14ClNO2/c9-2-1-8(12)10-5-6-3-7(11)4-6/h6-7,11H,1-5H2,(H,10,12). The number of aliphatic hydroxyl groups excluding tert-OH is 1. The Kier molecular flexibility index (Phi) is 3.82. The smallest absolute Gasteiger partial charge is 0.221 e. The van der Waals surface area contributed by atoms with E-state index in [2.05, 4.69) is 5.32 Å². The van der Waals surface area contributed by atoms with Gasteiger partial charge in [-0.15, -0.1) is 11.6 Å². The van der Waals surface area contributed by atoms with Crippen LogP contribution in [0.2, 0.25) is 0 Å². The highest BCUT2D eigenvalue weighted by molar-refractivity contribution is 6.18. The molecule has 0 bridgehead atoms. The molecule has 1 rings (SSSR count). The molecule has 3 nitrogen and oxygen atoms in total. The third kappa shape index (κ3) is 2.99. The molecule has 1 amide bonds. The summed E-state index contributed by atoms with van der Waals surface area (Å²) in [5.74, 6) is 0.852. The van der Waals surface area contributed by atoms with Crippen molar-refractivity contribution in [3.8, 4) is 0 Å². The van der Waals surface area contributed by atoms with Gasteiger partial charge in [0.2, 0.25) is 5.91 Å². The molecule has 0 aromatic heterocycles. The molecule has 0 aromatic carbocycles. The second-order valence-electron chi connectivity index (χ2n) is 3.23. The van der Waals surface area contributed by atoms with Crippen LogP contribution in [-0.2, 0) is 4.79 Å². The number of hydrogen-bond acceptors (Lipinski definition) is 2. The summed E-state index contributed by atoms with van der Waals surface area (Å²) in [6.07, 6.45) is 1.89. The summed E-state index contributed by atoms with van der Waals surface area (Å²) >= 11 is 5.38. The molecule has 0 spiro atoms. The molecule has 0 radical (unpaired) electrons. The fraction of sp³-hybridized carbons (Fsp3) is 0.875. The van der Waals surface area contributed by atoms with E-state index in [9.17, 15) is 4.79 Å². The molecule has 0 heterocycles. The fourth-order valence-electron chi connectivity index (χ4n) is 1.30. The molecule has 0 atom stereocenters. The van der Waals surface area contributed by atoms with Crippen LogP contribution in [0.5, 0.6) is 0 Å². The minimum Gasteiger partial charge on any atom is -0.393 e. The average molecular weight is 192 g/mol.